The maximum Gasteiger partial charge on any atom is 0.289 e. The molecule has 188 valence electrons. The molecule has 0 N–H and O–H groups in total. The van der Waals surface area contributed by atoms with Crippen LogP contribution < -0.4 is 0 Å². The summed E-state index contributed by atoms with van der Waals surface area (Å²) in [6.45, 7) is 4.63. The van der Waals surface area contributed by atoms with Crippen molar-refractivity contribution in [3.8, 4) is 17.2 Å². The Morgan fingerprint density at radius 3 is 2.72 bits per heavy atom. The van der Waals surface area contributed by atoms with Gasteiger partial charge < -0.3 is 9.80 Å². The van der Waals surface area contributed by atoms with Crippen molar-refractivity contribution >= 4 is 17.2 Å². The maximum atomic E-state index is 14.6. The lowest BCUT2D eigenvalue weighted by Crippen LogP contribution is -2.37. The topological polar surface area (TPSA) is 65.2 Å². The number of carbonyl (C=O) groups excluding carboxylic acids is 1. The first-order valence-corrected chi connectivity index (χ1v) is 12.6. The van der Waals surface area contributed by atoms with Crippen molar-refractivity contribution in [2.75, 3.05) is 27.2 Å². The van der Waals surface area contributed by atoms with Gasteiger partial charge in [0, 0.05) is 55.2 Å². The average Bonchev–Trinajstić information content (AvgIpc) is 3.47. The van der Waals surface area contributed by atoms with E-state index in [-0.39, 0.29) is 17.5 Å². The van der Waals surface area contributed by atoms with Gasteiger partial charge in [-0.3, -0.25) is 9.48 Å². The third-order valence-electron chi connectivity index (χ3n) is 6.24. The second kappa shape index (κ2) is 10.3. The van der Waals surface area contributed by atoms with Crippen molar-refractivity contribution < 1.29 is 13.6 Å². The Labute approximate surface area is 214 Å². The Hall–Kier alpha value is -3.35. The van der Waals surface area contributed by atoms with E-state index in [1.54, 1.807) is 17.2 Å². The fourth-order valence-electron chi connectivity index (χ4n) is 4.53. The van der Waals surface area contributed by atoms with E-state index >= 15 is 0 Å². The van der Waals surface area contributed by atoms with E-state index in [1.807, 2.05) is 62.3 Å². The van der Waals surface area contributed by atoms with Gasteiger partial charge in [0.2, 0.25) is 5.91 Å². The minimum atomic E-state index is -3.11. The molecule has 1 atom stereocenters. The first-order chi connectivity index (χ1) is 17.1. The van der Waals surface area contributed by atoms with E-state index in [4.69, 9.17) is 0 Å². The summed E-state index contributed by atoms with van der Waals surface area (Å²) in [4.78, 5) is 18.3. The third-order valence-corrected chi connectivity index (χ3v) is 7.28. The molecule has 1 aromatic carbocycles. The molecule has 0 saturated heterocycles. The third kappa shape index (κ3) is 5.25. The largest absolute Gasteiger partial charge is 0.333 e. The van der Waals surface area contributed by atoms with Crippen LogP contribution in [0.2, 0.25) is 0 Å². The van der Waals surface area contributed by atoms with E-state index in [0.717, 1.165) is 22.9 Å². The lowest BCUT2D eigenvalue weighted by atomic mass is 9.83. The van der Waals surface area contributed by atoms with Crippen molar-refractivity contribution in [1.29, 1.82) is 5.26 Å². The summed E-state index contributed by atoms with van der Waals surface area (Å²) < 4.78 is 30.7. The molecule has 0 unspecified atom stereocenters. The van der Waals surface area contributed by atoms with E-state index in [0.29, 0.717) is 42.2 Å². The fraction of sp³-hybridized carbons (Fsp3) is 0.370. The molecule has 6 nitrogen and oxygen atoms in total. The molecule has 0 bridgehead atoms. The highest BCUT2D eigenvalue weighted by Crippen LogP contribution is 2.43. The number of alkyl halides is 2. The van der Waals surface area contributed by atoms with Gasteiger partial charge in [0.15, 0.2) is 0 Å². The quantitative estimate of drug-likeness (QED) is 0.411. The van der Waals surface area contributed by atoms with Gasteiger partial charge >= 0.3 is 0 Å². The number of amides is 1. The number of aromatic nitrogens is 2. The summed E-state index contributed by atoms with van der Waals surface area (Å²) in [5, 5.41) is 13.7. The first-order valence-electron chi connectivity index (χ1n) is 11.8. The van der Waals surface area contributed by atoms with Gasteiger partial charge in [-0.25, -0.2) is 0 Å². The molecular formula is C27H29F2N5OS. The molecule has 0 fully saturated rings. The summed E-state index contributed by atoms with van der Waals surface area (Å²) in [6, 6.07) is 11.5. The number of hydrogen-bond donors (Lipinski definition) is 0. The van der Waals surface area contributed by atoms with Gasteiger partial charge in [0.1, 0.15) is 16.6 Å². The standard InChI is InChI=1S/C27H29F2N5OS/c1-5-34-16-23(26(31-34)27(2,28)29)20-10-7-6-9-19(20)22-15-33(25(35)11-8-12-32(3)4)17-24-21(22)13-18(14-30)36-24/h6-11,13,16,22H,5,12,15,17H2,1-4H3/b11-8+/t22-/m0/s1. The monoisotopic (exact) mass is 509 g/mol. The second-order valence-corrected chi connectivity index (χ2v) is 10.4. The fourth-order valence-corrected chi connectivity index (χ4v) is 5.56. The van der Waals surface area contributed by atoms with E-state index in [9.17, 15) is 18.8 Å². The number of nitrogens with zero attached hydrogens (tertiary/aromatic N) is 5. The number of halogens is 2. The van der Waals surface area contributed by atoms with Crippen LogP contribution in [0.3, 0.4) is 0 Å². The van der Waals surface area contributed by atoms with Crippen LogP contribution in [0.25, 0.3) is 11.1 Å². The lowest BCUT2D eigenvalue weighted by Gasteiger charge is -2.33. The molecule has 1 aliphatic rings. The Morgan fingerprint density at radius 1 is 1.31 bits per heavy atom. The summed E-state index contributed by atoms with van der Waals surface area (Å²) in [6.07, 6.45) is 5.06. The van der Waals surface area contributed by atoms with Crippen LogP contribution in [-0.2, 0) is 23.8 Å². The maximum absolute atomic E-state index is 14.6. The molecule has 36 heavy (non-hydrogen) atoms. The van der Waals surface area contributed by atoms with E-state index in [2.05, 4.69) is 11.2 Å². The normalized spacial score (nSPS) is 15.9. The van der Waals surface area contributed by atoms with Crippen LogP contribution in [0.15, 0.2) is 48.7 Å². The Kier molecular flexibility index (Phi) is 7.38. The number of hydrogen-bond acceptors (Lipinski definition) is 5. The summed E-state index contributed by atoms with van der Waals surface area (Å²) in [5.41, 5.74) is 2.57. The molecule has 4 rings (SSSR count). The Morgan fingerprint density at radius 2 is 2.06 bits per heavy atom. The molecule has 0 saturated carbocycles. The highest BCUT2D eigenvalue weighted by Gasteiger charge is 2.36. The smallest absolute Gasteiger partial charge is 0.289 e. The number of nitriles is 1. The van der Waals surface area contributed by atoms with E-state index in [1.165, 1.54) is 16.0 Å². The van der Waals surface area contributed by atoms with Crippen LogP contribution in [0.4, 0.5) is 8.78 Å². The molecule has 1 aliphatic heterocycles. The minimum absolute atomic E-state index is 0.114. The molecule has 9 heteroatoms. The van der Waals surface area contributed by atoms with Crippen molar-refractivity contribution in [3.63, 3.8) is 0 Å². The van der Waals surface area contributed by atoms with Gasteiger partial charge in [-0.05, 0) is 43.8 Å². The average molecular weight is 510 g/mol. The lowest BCUT2D eigenvalue weighted by molar-refractivity contribution is -0.127. The van der Waals surface area contributed by atoms with Crippen LogP contribution in [0, 0.1) is 11.3 Å². The zero-order valence-electron chi connectivity index (χ0n) is 20.8. The molecule has 0 spiro atoms. The van der Waals surface area contributed by atoms with Crippen LogP contribution in [-0.4, -0.2) is 52.7 Å². The second-order valence-electron chi connectivity index (χ2n) is 9.26. The first kappa shape index (κ1) is 25.7. The van der Waals surface area contributed by atoms with Gasteiger partial charge in [-0.1, -0.05) is 30.3 Å². The zero-order chi connectivity index (χ0) is 26.0. The van der Waals surface area contributed by atoms with Crippen LogP contribution in [0.1, 0.15) is 46.3 Å². The Balaban J connectivity index is 1.81. The molecule has 2 aromatic heterocycles. The number of rotatable bonds is 7. The van der Waals surface area contributed by atoms with Crippen LogP contribution in [0.5, 0.6) is 0 Å². The zero-order valence-corrected chi connectivity index (χ0v) is 21.6. The SMILES string of the molecule is CCn1cc(-c2ccccc2[C@@H]2CN(C(=O)/C=C/CN(C)C)Cc3sc(C#N)cc32)c(C(C)(F)F)n1. The van der Waals surface area contributed by atoms with Crippen LogP contribution >= 0.6 is 11.3 Å². The molecule has 1 amide bonds. The highest BCUT2D eigenvalue weighted by molar-refractivity contribution is 7.12. The summed E-state index contributed by atoms with van der Waals surface area (Å²) in [5.74, 6) is -3.50. The molecule has 3 heterocycles. The van der Waals surface area contributed by atoms with Crippen molar-refractivity contribution in [2.45, 2.75) is 38.8 Å². The summed E-state index contributed by atoms with van der Waals surface area (Å²) in [7, 11) is 3.86. The number of aryl methyl sites for hydroxylation is 1. The summed E-state index contributed by atoms with van der Waals surface area (Å²) >= 11 is 1.38. The number of fused-ring (bicyclic) bond motifs is 1. The predicted octanol–water partition coefficient (Wildman–Crippen LogP) is 5.21. The molecule has 3 aromatic rings. The molecular weight excluding hydrogens is 480 g/mol. The van der Waals surface area contributed by atoms with Gasteiger partial charge in [-0.15, -0.1) is 11.3 Å². The van der Waals surface area contributed by atoms with E-state index < -0.39 is 5.92 Å². The van der Waals surface area contributed by atoms with Gasteiger partial charge in [0.05, 0.1) is 6.54 Å². The molecule has 0 aliphatic carbocycles. The number of benzene rings is 1. The highest BCUT2D eigenvalue weighted by atomic mass is 32.1. The van der Waals surface area contributed by atoms with Crippen molar-refractivity contribution in [2.24, 2.45) is 0 Å². The van der Waals surface area contributed by atoms with Crippen molar-refractivity contribution in [3.05, 3.63) is 75.3 Å². The van der Waals surface area contributed by atoms with Gasteiger partial charge in [0.25, 0.3) is 5.92 Å². The number of likely N-dealkylation sites (N-methyl/N-ethyl adjacent to an activating group) is 1. The van der Waals surface area contributed by atoms with Gasteiger partial charge in [-0.2, -0.15) is 19.1 Å². The molecule has 0 radical (unpaired) electrons. The Bertz CT molecular complexity index is 1330. The predicted molar refractivity (Wildman–Crippen MR) is 137 cm³/mol. The minimum Gasteiger partial charge on any atom is -0.333 e. The number of carbonyl (C=O) groups is 1. The number of thiophene rings is 1. The van der Waals surface area contributed by atoms with Crippen molar-refractivity contribution in [1.82, 2.24) is 19.6 Å².